The molecule has 2 aromatic rings. The van der Waals surface area contributed by atoms with E-state index in [0.29, 0.717) is 0 Å². The molecule has 1 atom stereocenters. The number of fused-ring (bicyclic) bond motifs is 1. The maximum absolute atomic E-state index is 6.19. The molecule has 0 saturated carbocycles. The number of rotatable bonds is 3. The number of aryl methyl sites for hydroxylation is 2. The van der Waals surface area contributed by atoms with Crippen LogP contribution in [-0.2, 0) is 12.8 Å². The lowest BCUT2D eigenvalue weighted by Gasteiger charge is -2.17. The van der Waals surface area contributed by atoms with Gasteiger partial charge in [-0.1, -0.05) is 41.9 Å². The van der Waals surface area contributed by atoms with Gasteiger partial charge in [0.2, 0.25) is 0 Å². The molecule has 0 bridgehead atoms. The van der Waals surface area contributed by atoms with Crippen LogP contribution in [0.15, 0.2) is 42.5 Å². The van der Waals surface area contributed by atoms with E-state index in [4.69, 9.17) is 11.6 Å². The van der Waals surface area contributed by atoms with Gasteiger partial charge in [-0.25, -0.2) is 0 Å². The summed E-state index contributed by atoms with van der Waals surface area (Å²) in [4.78, 5) is 0. The fourth-order valence-corrected chi connectivity index (χ4v) is 2.95. The second-order valence-corrected chi connectivity index (χ2v) is 5.63. The summed E-state index contributed by atoms with van der Waals surface area (Å²) in [5.41, 5.74) is 5.37. The molecule has 0 aliphatic heterocycles. The Kier molecular flexibility index (Phi) is 3.48. The van der Waals surface area contributed by atoms with Gasteiger partial charge in [-0.2, -0.15) is 0 Å². The van der Waals surface area contributed by atoms with E-state index in [2.05, 4.69) is 30.4 Å². The van der Waals surface area contributed by atoms with Gasteiger partial charge in [0.05, 0.1) is 10.7 Å². The first kappa shape index (κ1) is 12.6. The van der Waals surface area contributed by atoms with Gasteiger partial charge in [0.15, 0.2) is 0 Å². The van der Waals surface area contributed by atoms with Crippen LogP contribution in [0.5, 0.6) is 0 Å². The molecule has 0 saturated heterocycles. The van der Waals surface area contributed by atoms with Crippen LogP contribution in [0.25, 0.3) is 0 Å². The van der Waals surface area contributed by atoms with Crippen molar-refractivity contribution in [3.05, 3.63) is 64.2 Å². The minimum Gasteiger partial charge on any atom is -0.377 e. The number of halogens is 1. The number of hydrogen-bond donors (Lipinski definition) is 1. The number of benzene rings is 2. The van der Waals surface area contributed by atoms with Crippen molar-refractivity contribution in [3.8, 4) is 0 Å². The van der Waals surface area contributed by atoms with Crippen molar-refractivity contribution in [3.63, 3.8) is 0 Å². The van der Waals surface area contributed by atoms with E-state index < -0.39 is 0 Å². The van der Waals surface area contributed by atoms with Crippen LogP contribution in [-0.4, -0.2) is 0 Å². The zero-order chi connectivity index (χ0) is 13.2. The first-order valence-corrected chi connectivity index (χ1v) is 7.24. The van der Waals surface area contributed by atoms with Crippen molar-refractivity contribution in [2.45, 2.75) is 32.2 Å². The molecule has 0 radical (unpaired) electrons. The van der Waals surface area contributed by atoms with E-state index in [0.717, 1.165) is 10.7 Å². The Hall–Kier alpha value is -1.47. The second-order valence-electron chi connectivity index (χ2n) is 5.23. The van der Waals surface area contributed by atoms with Crippen molar-refractivity contribution in [1.29, 1.82) is 0 Å². The Morgan fingerprint density at radius 3 is 2.68 bits per heavy atom. The Morgan fingerprint density at radius 2 is 1.84 bits per heavy atom. The third-order valence-electron chi connectivity index (χ3n) is 3.87. The fourth-order valence-electron chi connectivity index (χ4n) is 2.76. The van der Waals surface area contributed by atoms with Gasteiger partial charge in [-0.15, -0.1) is 0 Å². The summed E-state index contributed by atoms with van der Waals surface area (Å²) in [5, 5.41) is 4.26. The van der Waals surface area contributed by atoms with E-state index in [1.54, 1.807) is 0 Å². The summed E-state index contributed by atoms with van der Waals surface area (Å²) in [5.74, 6) is 0. The van der Waals surface area contributed by atoms with Crippen LogP contribution in [0.1, 0.15) is 36.1 Å². The van der Waals surface area contributed by atoms with Crippen LogP contribution >= 0.6 is 11.6 Å². The topological polar surface area (TPSA) is 12.0 Å². The van der Waals surface area contributed by atoms with Crippen LogP contribution in [0.4, 0.5) is 5.69 Å². The highest BCUT2D eigenvalue weighted by molar-refractivity contribution is 6.33. The lowest BCUT2D eigenvalue weighted by atomic mass is 10.0. The summed E-state index contributed by atoms with van der Waals surface area (Å²) in [6, 6.07) is 15.0. The molecule has 0 amide bonds. The smallest absolute Gasteiger partial charge is 0.0637 e. The monoisotopic (exact) mass is 271 g/mol. The summed E-state index contributed by atoms with van der Waals surface area (Å²) >= 11 is 6.19. The minimum atomic E-state index is 0.269. The Labute approximate surface area is 119 Å². The van der Waals surface area contributed by atoms with E-state index in [9.17, 15) is 0 Å². The fraction of sp³-hybridized carbons (Fsp3) is 0.294. The maximum Gasteiger partial charge on any atom is 0.0637 e. The molecule has 1 aliphatic rings. The van der Waals surface area contributed by atoms with Gasteiger partial charge in [0.1, 0.15) is 0 Å². The Balaban J connectivity index is 1.81. The second kappa shape index (κ2) is 5.26. The molecule has 2 aromatic carbocycles. The third kappa shape index (κ3) is 2.62. The number of nitrogens with one attached hydrogen (secondary N) is 1. The lowest BCUT2D eigenvalue weighted by molar-refractivity contribution is 0.879. The SMILES string of the molecule is CC(Nc1ccccc1Cl)c1ccc2c(c1)CCC2. The van der Waals surface area contributed by atoms with Gasteiger partial charge >= 0.3 is 0 Å². The highest BCUT2D eigenvalue weighted by Crippen LogP contribution is 2.29. The van der Waals surface area contributed by atoms with Gasteiger partial charge < -0.3 is 5.32 Å². The van der Waals surface area contributed by atoms with Crippen LogP contribution in [0.2, 0.25) is 5.02 Å². The summed E-state index contributed by atoms with van der Waals surface area (Å²) in [7, 11) is 0. The predicted octanol–water partition coefficient (Wildman–Crippen LogP) is 5.00. The predicted molar refractivity (Wildman–Crippen MR) is 82.0 cm³/mol. The molecule has 0 fully saturated rings. The molecule has 3 rings (SSSR count). The highest BCUT2D eigenvalue weighted by Gasteiger charge is 2.13. The van der Waals surface area contributed by atoms with Crippen molar-refractivity contribution < 1.29 is 0 Å². The average Bonchev–Trinajstić information content (AvgIpc) is 2.88. The van der Waals surface area contributed by atoms with Crippen LogP contribution < -0.4 is 5.32 Å². The molecule has 1 unspecified atom stereocenters. The zero-order valence-corrected chi connectivity index (χ0v) is 11.9. The van der Waals surface area contributed by atoms with Crippen molar-refractivity contribution in [2.24, 2.45) is 0 Å². The van der Waals surface area contributed by atoms with Gasteiger partial charge in [-0.3, -0.25) is 0 Å². The molecule has 1 aliphatic carbocycles. The molecule has 0 heterocycles. The molecule has 98 valence electrons. The zero-order valence-electron chi connectivity index (χ0n) is 11.1. The molecule has 0 spiro atoms. The van der Waals surface area contributed by atoms with Gasteiger partial charge in [0.25, 0.3) is 0 Å². The minimum absolute atomic E-state index is 0.269. The molecular formula is C17H18ClN. The van der Waals surface area contributed by atoms with E-state index in [-0.39, 0.29) is 6.04 Å². The Bertz CT molecular complexity index is 592. The lowest BCUT2D eigenvalue weighted by Crippen LogP contribution is -2.07. The normalized spacial score (nSPS) is 15.1. The van der Waals surface area contributed by atoms with Crippen LogP contribution in [0, 0.1) is 0 Å². The maximum atomic E-state index is 6.19. The highest BCUT2D eigenvalue weighted by atomic mass is 35.5. The molecule has 2 heteroatoms. The third-order valence-corrected chi connectivity index (χ3v) is 4.20. The molecule has 0 aromatic heterocycles. The number of anilines is 1. The first-order valence-electron chi connectivity index (χ1n) is 6.87. The molecule has 1 N–H and O–H groups in total. The molecule has 19 heavy (non-hydrogen) atoms. The number of para-hydroxylation sites is 1. The Morgan fingerprint density at radius 1 is 1.05 bits per heavy atom. The summed E-state index contributed by atoms with van der Waals surface area (Å²) in [6.45, 7) is 2.18. The van der Waals surface area contributed by atoms with Gasteiger partial charge in [-0.05, 0) is 55.0 Å². The van der Waals surface area contributed by atoms with Gasteiger partial charge in [0, 0.05) is 6.04 Å². The first-order chi connectivity index (χ1) is 9.24. The molecular weight excluding hydrogens is 254 g/mol. The quantitative estimate of drug-likeness (QED) is 0.828. The van der Waals surface area contributed by atoms with Crippen LogP contribution in [0.3, 0.4) is 0 Å². The summed E-state index contributed by atoms with van der Waals surface area (Å²) < 4.78 is 0. The van der Waals surface area contributed by atoms with Crippen molar-refractivity contribution in [2.75, 3.05) is 5.32 Å². The van der Waals surface area contributed by atoms with Crippen molar-refractivity contribution >= 4 is 17.3 Å². The van der Waals surface area contributed by atoms with Crippen molar-refractivity contribution in [1.82, 2.24) is 0 Å². The van der Waals surface area contributed by atoms with E-state index in [1.807, 2.05) is 24.3 Å². The van der Waals surface area contributed by atoms with E-state index >= 15 is 0 Å². The van der Waals surface area contributed by atoms with E-state index in [1.165, 1.54) is 36.0 Å². The average molecular weight is 272 g/mol. The standard InChI is InChI=1S/C17H18ClN/c1-12(19-17-8-3-2-7-16(17)18)14-10-9-13-5-4-6-15(13)11-14/h2-3,7-12,19H,4-6H2,1H3. The molecule has 1 nitrogen and oxygen atoms in total. The largest absolute Gasteiger partial charge is 0.377 e. The number of hydrogen-bond acceptors (Lipinski definition) is 1. The summed E-state index contributed by atoms with van der Waals surface area (Å²) in [6.07, 6.45) is 3.76.